The second-order valence-corrected chi connectivity index (χ2v) is 10.6. The molecule has 0 fully saturated rings. The highest BCUT2D eigenvalue weighted by Crippen LogP contribution is 2.39. The molecular weight excluding hydrogens is 492 g/mol. The number of fused-ring (bicyclic) bond motifs is 3. The number of nitrogens with one attached hydrogen (secondary N) is 1. The summed E-state index contributed by atoms with van der Waals surface area (Å²) in [5, 5.41) is 4.59. The summed E-state index contributed by atoms with van der Waals surface area (Å²) < 4.78 is 0. The third kappa shape index (κ3) is 5.01. The molecule has 8 heteroatoms. The Morgan fingerprint density at radius 3 is 2.50 bits per heavy atom. The molecule has 3 aromatic heterocycles. The van der Waals surface area contributed by atoms with Gasteiger partial charge in [-0.1, -0.05) is 48.5 Å². The number of anilines is 1. The molecule has 1 aliphatic heterocycles. The zero-order valence-corrected chi connectivity index (χ0v) is 21.7. The number of carbonyl (C=O) groups excluding carboxylic acids is 1. The van der Waals surface area contributed by atoms with E-state index in [2.05, 4.69) is 22.4 Å². The number of amides is 1. The molecule has 6 rings (SSSR count). The van der Waals surface area contributed by atoms with Crippen LogP contribution < -0.4 is 11.1 Å². The highest BCUT2D eigenvalue weighted by Gasteiger charge is 2.27. The van der Waals surface area contributed by atoms with Gasteiger partial charge in [-0.05, 0) is 48.2 Å². The maximum Gasteiger partial charge on any atom is 0.254 e. The molecule has 38 heavy (non-hydrogen) atoms. The van der Waals surface area contributed by atoms with Crippen molar-refractivity contribution in [1.29, 1.82) is 0 Å². The molecule has 5 aromatic rings. The van der Waals surface area contributed by atoms with E-state index in [0.717, 1.165) is 39.3 Å². The number of nitrogens with two attached hydrogens (primary N) is 1. The number of hydrogen-bond donors (Lipinski definition) is 2. The van der Waals surface area contributed by atoms with Crippen LogP contribution in [0.15, 0.2) is 85.2 Å². The Morgan fingerprint density at radius 2 is 1.74 bits per heavy atom. The van der Waals surface area contributed by atoms with E-state index in [0.29, 0.717) is 31.0 Å². The van der Waals surface area contributed by atoms with Crippen molar-refractivity contribution in [1.82, 2.24) is 19.9 Å². The second-order valence-electron chi connectivity index (χ2n) is 9.49. The van der Waals surface area contributed by atoms with Crippen molar-refractivity contribution < 1.29 is 4.79 Å². The average Bonchev–Trinajstić information content (AvgIpc) is 3.35. The number of thiophene rings is 1. The van der Waals surface area contributed by atoms with Gasteiger partial charge in [-0.25, -0.2) is 9.97 Å². The third-order valence-electron chi connectivity index (χ3n) is 6.82. The first-order valence-electron chi connectivity index (χ1n) is 12.8. The second kappa shape index (κ2) is 10.7. The van der Waals surface area contributed by atoms with Gasteiger partial charge in [0.25, 0.3) is 5.91 Å². The lowest BCUT2D eigenvalue weighted by molar-refractivity contribution is 0.0737. The molecule has 190 valence electrons. The maximum absolute atomic E-state index is 13.1. The Bertz CT molecular complexity index is 1560. The van der Waals surface area contributed by atoms with Crippen molar-refractivity contribution in [2.45, 2.75) is 25.4 Å². The number of aromatic nitrogens is 3. The fourth-order valence-corrected chi connectivity index (χ4v) is 6.14. The van der Waals surface area contributed by atoms with Crippen LogP contribution in [0.2, 0.25) is 0 Å². The largest absolute Gasteiger partial charge is 0.368 e. The first kappa shape index (κ1) is 24.2. The zero-order valence-electron chi connectivity index (χ0n) is 20.9. The molecule has 1 atom stereocenters. The van der Waals surface area contributed by atoms with E-state index in [9.17, 15) is 4.79 Å². The van der Waals surface area contributed by atoms with Crippen molar-refractivity contribution in [2.75, 3.05) is 18.4 Å². The topological polar surface area (TPSA) is 97.0 Å². The van der Waals surface area contributed by atoms with Crippen LogP contribution in [0.1, 0.15) is 26.4 Å². The van der Waals surface area contributed by atoms with E-state index in [1.807, 2.05) is 65.6 Å². The molecule has 1 aliphatic rings. The Hall–Kier alpha value is -4.14. The van der Waals surface area contributed by atoms with Gasteiger partial charge < -0.3 is 16.0 Å². The molecule has 0 spiro atoms. The van der Waals surface area contributed by atoms with Crippen LogP contribution in [-0.4, -0.2) is 44.9 Å². The van der Waals surface area contributed by atoms with Gasteiger partial charge in [0.2, 0.25) is 0 Å². The van der Waals surface area contributed by atoms with E-state index >= 15 is 0 Å². The molecule has 3 N–H and O–H groups in total. The van der Waals surface area contributed by atoms with Gasteiger partial charge in [0.1, 0.15) is 10.6 Å². The number of hydrogen-bond acceptors (Lipinski definition) is 7. The third-order valence-corrected chi connectivity index (χ3v) is 7.93. The van der Waals surface area contributed by atoms with Crippen LogP contribution in [0.3, 0.4) is 0 Å². The molecule has 1 unspecified atom stereocenters. The number of pyridine rings is 1. The predicted molar refractivity (Wildman–Crippen MR) is 152 cm³/mol. The summed E-state index contributed by atoms with van der Waals surface area (Å²) in [6, 6.07) is 23.5. The van der Waals surface area contributed by atoms with E-state index in [-0.39, 0.29) is 11.9 Å². The average molecular weight is 521 g/mol. The molecule has 0 aliphatic carbocycles. The lowest BCUT2D eigenvalue weighted by atomic mass is 10.0. The van der Waals surface area contributed by atoms with Gasteiger partial charge in [0.15, 0.2) is 5.82 Å². The van der Waals surface area contributed by atoms with Crippen LogP contribution in [0, 0.1) is 0 Å². The number of nitrogens with zero attached hydrogens (tertiary/aromatic N) is 4. The summed E-state index contributed by atoms with van der Waals surface area (Å²) in [6.45, 7) is 1.81. The van der Waals surface area contributed by atoms with Crippen molar-refractivity contribution in [2.24, 2.45) is 5.73 Å². The van der Waals surface area contributed by atoms with Crippen LogP contribution in [-0.2, 0) is 19.4 Å². The Morgan fingerprint density at radius 1 is 1.00 bits per heavy atom. The van der Waals surface area contributed by atoms with E-state index in [1.54, 1.807) is 23.7 Å². The lowest BCUT2D eigenvalue weighted by Gasteiger charge is -2.27. The Balaban J connectivity index is 1.32. The highest BCUT2D eigenvalue weighted by atomic mass is 32.1. The van der Waals surface area contributed by atoms with Crippen LogP contribution in [0.25, 0.3) is 21.6 Å². The predicted octanol–water partition coefficient (Wildman–Crippen LogP) is 4.93. The van der Waals surface area contributed by atoms with Crippen molar-refractivity contribution >= 4 is 33.3 Å². The van der Waals surface area contributed by atoms with E-state index in [1.165, 1.54) is 11.1 Å². The smallest absolute Gasteiger partial charge is 0.254 e. The lowest BCUT2D eigenvalue weighted by Crippen LogP contribution is -2.35. The summed E-state index contributed by atoms with van der Waals surface area (Å²) in [5.74, 6) is 1.50. The van der Waals surface area contributed by atoms with E-state index < -0.39 is 0 Å². The SMILES string of the molecule is NC(CNc1nc(-c2ccncc2)nc2sc3c(c12)CCN(C(=O)c1ccccc1)C3)Cc1ccccc1. The van der Waals surface area contributed by atoms with Crippen LogP contribution in [0.5, 0.6) is 0 Å². The van der Waals surface area contributed by atoms with Gasteiger partial charge in [0.05, 0.1) is 11.9 Å². The normalized spacial score (nSPS) is 13.8. The molecule has 0 saturated carbocycles. The minimum Gasteiger partial charge on any atom is -0.368 e. The molecule has 7 nitrogen and oxygen atoms in total. The first-order valence-corrected chi connectivity index (χ1v) is 13.6. The fraction of sp³-hybridized carbons (Fsp3) is 0.200. The van der Waals surface area contributed by atoms with Crippen LogP contribution >= 0.6 is 11.3 Å². The first-order chi connectivity index (χ1) is 18.7. The zero-order chi connectivity index (χ0) is 25.9. The van der Waals surface area contributed by atoms with Gasteiger partial charge in [0, 0.05) is 47.5 Å². The molecule has 1 amide bonds. The Labute approximate surface area is 225 Å². The molecule has 0 bridgehead atoms. The molecule has 0 saturated heterocycles. The summed E-state index contributed by atoms with van der Waals surface area (Å²) in [6.07, 6.45) is 5.03. The summed E-state index contributed by atoms with van der Waals surface area (Å²) in [5.41, 5.74) is 10.6. The van der Waals surface area contributed by atoms with Crippen molar-refractivity contribution in [3.63, 3.8) is 0 Å². The molecule has 2 aromatic carbocycles. The standard InChI is InChI=1S/C30H28N6OS/c31-23(17-20-7-3-1-4-8-20)18-33-28-26-24-13-16-36(30(37)22-9-5-2-6-10-22)19-25(24)38-29(26)35-27(34-28)21-11-14-32-15-12-21/h1-12,14-15,23H,13,16-19,31H2,(H,33,34,35). The van der Waals surface area contributed by atoms with Gasteiger partial charge in [-0.3, -0.25) is 9.78 Å². The molecule has 4 heterocycles. The summed E-state index contributed by atoms with van der Waals surface area (Å²) >= 11 is 1.64. The minimum absolute atomic E-state index is 0.0579. The van der Waals surface area contributed by atoms with Gasteiger partial charge in [-0.2, -0.15) is 0 Å². The van der Waals surface area contributed by atoms with Crippen LogP contribution in [0.4, 0.5) is 5.82 Å². The van der Waals surface area contributed by atoms with Crippen molar-refractivity contribution in [3.05, 3.63) is 107 Å². The maximum atomic E-state index is 13.1. The monoisotopic (exact) mass is 520 g/mol. The number of rotatable bonds is 7. The number of carbonyl (C=O) groups is 1. The van der Waals surface area contributed by atoms with Gasteiger partial charge >= 0.3 is 0 Å². The quantitative estimate of drug-likeness (QED) is 0.316. The Kier molecular flexibility index (Phi) is 6.81. The summed E-state index contributed by atoms with van der Waals surface area (Å²) in [7, 11) is 0. The van der Waals surface area contributed by atoms with Crippen molar-refractivity contribution in [3.8, 4) is 11.4 Å². The van der Waals surface area contributed by atoms with E-state index in [4.69, 9.17) is 15.7 Å². The molecule has 0 radical (unpaired) electrons. The molecular formula is C30H28N6OS. The fourth-order valence-electron chi connectivity index (χ4n) is 4.91. The minimum atomic E-state index is -0.0692. The van der Waals surface area contributed by atoms with Gasteiger partial charge in [-0.15, -0.1) is 11.3 Å². The highest BCUT2D eigenvalue weighted by molar-refractivity contribution is 7.19. The summed E-state index contributed by atoms with van der Waals surface area (Å²) in [4.78, 5) is 31.2. The number of benzene rings is 2.